The fourth-order valence-corrected chi connectivity index (χ4v) is 4.22. The molecule has 1 N–H and O–H groups in total. The molecular weight excluding hydrogens is 398 g/mol. The molecule has 2 heterocycles. The van der Waals surface area contributed by atoms with Gasteiger partial charge in [0.05, 0.1) is 28.4 Å². The minimum atomic E-state index is -0.197. The lowest BCUT2D eigenvalue weighted by molar-refractivity contribution is -0.140. The summed E-state index contributed by atoms with van der Waals surface area (Å²) < 4.78 is 6.40. The summed E-state index contributed by atoms with van der Waals surface area (Å²) in [6, 6.07) is 9.38. The average molecular weight is 420 g/mol. The van der Waals surface area contributed by atoms with Crippen molar-refractivity contribution in [3.05, 3.63) is 45.9 Å². The standard InChI is InChI=1S/C20H22ClN3O3S/c1-13-14-12-17(19(26)22-11-7-3-4-10-18(25)27-2)28-20(14)24(23-13)16-9-6-5-8-15(16)21/h5-6,8-9,12H,3-4,7,10-11H2,1-2H3,(H,22,26). The molecule has 0 aliphatic rings. The number of hydrogen-bond donors (Lipinski definition) is 1. The summed E-state index contributed by atoms with van der Waals surface area (Å²) in [5.41, 5.74) is 1.65. The molecule has 0 radical (unpaired) electrons. The lowest BCUT2D eigenvalue weighted by atomic mass is 10.2. The Morgan fingerprint density at radius 2 is 2.04 bits per heavy atom. The van der Waals surface area contributed by atoms with Crippen LogP contribution in [0.1, 0.15) is 41.0 Å². The maximum Gasteiger partial charge on any atom is 0.305 e. The summed E-state index contributed by atoms with van der Waals surface area (Å²) in [5, 5.41) is 9.07. The van der Waals surface area contributed by atoms with Crippen LogP contribution in [-0.2, 0) is 9.53 Å². The van der Waals surface area contributed by atoms with Gasteiger partial charge in [-0.1, -0.05) is 30.2 Å². The number of carbonyl (C=O) groups is 2. The van der Waals surface area contributed by atoms with Crippen molar-refractivity contribution in [1.29, 1.82) is 0 Å². The molecule has 148 valence electrons. The van der Waals surface area contributed by atoms with Gasteiger partial charge in [0.25, 0.3) is 5.91 Å². The Kier molecular flexibility index (Phi) is 6.70. The van der Waals surface area contributed by atoms with E-state index in [-0.39, 0.29) is 11.9 Å². The fourth-order valence-electron chi connectivity index (χ4n) is 2.91. The van der Waals surface area contributed by atoms with Crippen molar-refractivity contribution in [3.63, 3.8) is 0 Å². The third-order valence-corrected chi connectivity index (χ3v) is 5.85. The first kappa shape index (κ1) is 20.4. The highest BCUT2D eigenvalue weighted by molar-refractivity contribution is 7.20. The Morgan fingerprint density at radius 3 is 2.79 bits per heavy atom. The van der Waals surface area contributed by atoms with Crippen LogP contribution in [0.15, 0.2) is 30.3 Å². The molecule has 0 aliphatic carbocycles. The maximum atomic E-state index is 12.5. The molecule has 1 amide bonds. The number of carbonyl (C=O) groups excluding carboxylic acids is 2. The SMILES string of the molecule is COC(=O)CCCCCNC(=O)c1cc2c(C)nn(-c3ccccc3Cl)c2s1. The minimum Gasteiger partial charge on any atom is -0.469 e. The number of unbranched alkanes of at least 4 members (excludes halogenated alkanes) is 2. The van der Waals surface area contributed by atoms with E-state index in [1.165, 1.54) is 18.4 Å². The third-order valence-electron chi connectivity index (χ3n) is 4.42. The van der Waals surface area contributed by atoms with Crippen LogP contribution in [0.4, 0.5) is 0 Å². The van der Waals surface area contributed by atoms with Crippen molar-refractivity contribution in [2.24, 2.45) is 0 Å². The highest BCUT2D eigenvalue weighted by atomic mass is 35.5. The number of fused-ring (bicyclic) bond motifs is 1. The molecule has 6 nitrogen and oxygen atoms in total. The van der Waals surface area contributed by atoms with Crippen LogP contribution in [0, 0.1) is 6.92 Å². The molecule has 0 atom stereocenters. The number of amides is 1. The van der Waals surface area contributed by atoms with Gasteiger partial charge >= 0.3 is 5.97 Å². The van der Waals surface area contributed by atoms with Crippen LogP contribution < -0.4 is 5.32 Å². The zero-order chi connectivity index (χ0) is 20.1. The zero-order valence-corrected chi connectivity index (χ0v) is 17.4. The molecule has 0 bridgehead atoms. The van der Waals surface area contributed by atoms with E-state index in [1.54, 1.807) is 4.68 Å². The Labute approximate surface area is 172 Å². The predicted octanol–water partition coefficient (Wildman–Crippen LogP) is 4.51. The second kappa shape index (κ2) is 9.21. The van der Waals surface area contributed by atoms with Crippen LogP contribution in [0.2, 0.25) is 5.02 Å². The first-order chi connectivity index (χ1) is 13.5. The van der Waals surface area contributed by atoms with E-state index in [4.69, 9.17) is 11.6 Å². The van der Waals surface area contributed by atoms with Crippen molar-refractivity contribution < 1.29 is 14.3 Å². The number of para-hydroxylation sites is 1. The minimum absolute atomic E-state index is 0.0979. The zero-order valence-electron chi connectivity index (χ0n) is 15.8. The molecule has 0 aliphatic heterocycles. The number of esters is 1. The highest BCUT2D eigenvalue weighted by Gasteiger charge is 2.18. The van der Waals surface area contributed by atoms with Crippen molar-refractivity contribution >= 4 is 45.0 Å². The van der Waals surface area contributed by atoms with Crippen LogP contribution in [0.3, 0.4) is 0 Å². The largest absolute Gasteiger partial charge is 0.469 e. The van der Waals surface area contributed by atoms with Crippen LogP contribution in [0.25, 0.3) is 15.9 Å². The van der Waals surface area contributed by atoms with E-state index in [0.717, 1.165) is 40.9 Å². The Morgan fingerprint density at radius 1 is 1.25 bits per heavy atom. The van der Waals surface area contributed by atoms with Crippen molar-refractivity contribution in [1.82, 2.24) is 15.1 Å². The number of hydrogen-bond acceptors (Lipinski definition) is 5. The first-order valence-corrected chi connectivity index (χ1v) is 10.3. The fraction of sp³-hybridized carbons (Fsp3) is 0.350. The quantitative estimate of drug-likeness (QED) is 0.430. The summed E-state index contributed by atoms with van der Waals surface area (Å²) in [6.45, 7) is 2.50. The van der Waals surface area contributed by atoms with Crippen molar-refractivity contribution in [2.75, 3.05) is 13.7 Å². The number of benzene rings is 1. The number of thiophene rings is 1. The lowest BCUT2D eigenvalue weighted by Gasteiger charge is -2.05. The number of nitrogens with zero attached hydrogens (tertiary/aromatic N) is 2. The number of aryl methyl sites for hydroxylation is 1. The highest BCUT2D eigenvalue weighted by Crippen LogP contribution is 2.32. The van der Waals surface area contributed by atoms with Gasteiger partial charge in [-0.05, 0) is 38.0 Å². The molecule has 0 saturated carbocycles. The van der Waals surface area contributed by atoms with Crippen LogP contribution in [0.5, 0.6) is 0 Å². The normalized spacial score (nSPS) is 11.0. The first-order valence-electron chi connectivity index (χ1n) is 9.10. The van der Waals surface area contributed by atoms with Gasteiger partial charge in [-0.25, -0.2) is 4.68 Å². The monoisotopic (exact) mass is 419 g/mol. The Balaban J connectivity index is 1.64. The van der Waals surface area contributed by atoms with Crippen molar-refractivity contribution in [2.45, 2.75) is 32.6 Å². The van der Waals surface area contributed by atoms with Gasteiger partial charge in [-0.15, -0.1) is 11.3 Å². The Hall–Kier alpha value is -2.38. The van der Waals surface area contributed by atoms with Crippen molar-refractivity contribution in [3.8, 4) is 5.69 Å². The topological polar surface area (TPSA) is 73.2 Å². The van der Waals surface area contributed by atoms with Gasteiger partial charge in [-0.2, -0.15) is 5.10 Å². The number of ether oxygens (including phenoxy) is 1. The van der Waals surface area contributed by atoms with Gasteiger partial charge < -0.3 is 10.1 Å². The van der Waals surface area contributed by atoms with Gasteiger partial charge in [-0.3, -0.25) is 9.59 Å². The average Bonchev–Trinajstić information content (AvgIpc) is 3.25. The molecule has 0 saturated heterocycles. The summed E-state index contributed by atoms with van der Waals surface area (Å²) in [4.78, 5) is 25.1. The van der Waals surface area contributed by atoms with Gasteiger partial charge in [0.2, 0.25) is 0 Å². The summed E-state index contributed by atoms with van der Waals surface area (Å²) in [7, 11) is 1.39. The second-order valence-corrected chi connectivity index (χ2v) is 7.86. The Bertz CT molecular complexity index is 996. The van der Waals surface area contributed by atoms with E-state index in [0.29, 0.717) is 22.9 Å². The molecule has 0 unspecified atom stereocenters. The molecule has 0 spiro atoms. The van der Waals surface area contributed by atoms with E-state index < -0.39 is 0 Å². The molecule has 28 heavy (non-hydrogen) atoms. The maximum absolute atomic E-state index is 12.5. The van der Waals surface area contributed by atoms with Gasteiger partial charge in [0, 0.05) is 18.4 Å². The summed E-state index contributed by atoms with van der Waals surface area (Å²) in [5.74, 6) is -0.295. The molecular formula is C20H22ClN3O3S. The lowest BCUT2D eigenvalue weighted by Crippen LogP contribution is -2.23. The summed E-state index contributed by atoms with van der Waals surface area (Å²) >= 11 is 7.71. The van der Waals surface area contributed by atoms with Gasteiger partial charge in [0.15, 0.2) is 0 Å². The van der Waals surface area contributed by atoms with E-state index >= 15 is 0 Å². The molecule has 8 heteroatoms. The number of nitrogens with one attached hydrogen (secondary N) is 1. The molecule has 2 aromatic heterocycles. The second-order valence-electron chi connectivity index (χ2n) is 6.42. The third kappa shape index (κ3) is 4.54. The number of halogens is 1. The van der Waals surface area contributed by atoms with Gasteiger partial charge in [0.1, 0.15) is 4.83 Å². The van der Waals surface area contributed by atoms with E-state index in [1.807, 2.05) is 37.3 Å². The molecule has 3 rings (SSSR count). The number of rotatable bonds is 8. The van der Waals surface area contributed by atoms with E-state index in [2.05, 4.69) is 15.2 Å². The van der Waals surface area contributed by atoms with E-state index in [9.17, 15) is 9.59 Å². The molecule has 1 aromatic carbocycles. The molecule has 0 fully saturated rings. The number of aromatic nitrogens is 2. The smallest absolute Gasteiger partial charge is 0.305 e. The van der Waals surface area contributed by atoms with Crippen LogP contribution >= 0.6 is 22.9 Å². The number of methoxy groups -OCH3 is 1. The summed E-state index contributed by atoms with van der Waals surface area (Å²) in [6.07, 6.45) is 2.86. The van der Waals surface area contributed by atoms with Crippen LogP contribution in [-0.4, -0.2) is 35.3 Å². The molecule has 3 aromatic rings. The predicted molar refractivity (Wildman–Crippen MR) is 112 cm³/mol.